The molecular formula is C68H124N2O7P+. The van der Waals surface area contributed by atoms with Gasteiger partial charge in [-0.2, -0.15) is 0 Å². The van der Waals surface area contributed by atoms with Crippen molar-refractivity contribution in [3.63, 3.8) is 0 Å². The van der Waals surface area contributed by atoms with Crippen LogP contribution < -0.4 is 5.32 Å². The highest BCUT2D eigenvalue weighted by Gasteiger charge is 2.30. The normalized spacial score (nSPS) is 14.2. The molecule has 0 heterocycles. The SMILES string of the molecule is CCCCC/C=C\C/C=C\C/C=C\C/C=C\CCCCCCCCCCCCCC(=O)OC(/C=C\CCCCCCCCCCCC)C(COP(=O)(O)OCC[N+](C)(C)C)NC(=O)CC/C=C/C/C=C\CCCCCCCC. The van der Waals surface area contributed by atoms with Gasteiger partial charge >= 0.3 is 13.8 Å². The quantitative estimate of drug-likeness (QED) is 0.0205. The molecule has 9 nitrogen and oxygen atoms in total. The van der Waals surface area contributed by atoms with Gasteiger partial charge in [0, 0.05) is 12.8 Å². The summed E-state index contributed by atoms with van der Waals surface area (Å²) in [6.45, 7) is 6.93. The molecule has 0 saturated carbocycles. The summed E-state index contributed by atoms with van der Waals surface area (Å²) in [6, 6.07) is -0.883. The molecule has 0 aromatic rings. The third-order valence-corrected chi connectivity index (χ3v) is 15.1. The summed E-state index contributed by atoms with van der Waals surface area (Å²) in [4.78, 5) is 37.7. The standard InChI is InChI=1S/C68H123N2O7P/c1-7-10-13-16-19-22-25-28-29-30-31-32-33-34-35-36-37-38-39-40-41-43-46-49-52-55-58-61-68(72)77-66(59-56-53-50-47-44-27-24-21-18-15-12-9-3)65(64-76-78(73,74)75-63-62-70(4,5)6)69-67(71)60-57-54-51-48-45-42-26-23-20-17-14-11-8-2/h19,22,28-29,31-32,34-35,42,45,51,54,56,59,65-66H,7-18,20-21,23-27,30,33,36-41,43-44,46-50,52-53,55,57-58,60-64H2,1-6H3,(H-,69,71,73,74)/p+1/b22-19-,29-28-,32-31-,35-34-,45-42-,54-51+,59-56-. The van der Waals surface area contributed by atoms with E-state index in [4.69, 9.17) is 13.8 Å². The molecule has 0 spiro atoms. The number of allylic oxidation sites excluding steroid dienone is 13. The predicted molar refractivity (Wildman–Crippen MR) is 337 cm³/mol. The number of hydrogen-bond donors (Lipinski definition) is 2. The number of esters is 1. The van der Waals surface area contributed by atoms with Gasteiger partial charge in [-0.1, -0.05) is 260 Å². The Hall–Kier alpha value is -2.81. The van der Waals surface area contributed by atoms with E-state index in [1.54, 1.807) is 0 Å². The number of hydrogen-bond acceptors (Lipinski definition) is 6. The Balaban J connectivity index is 5.11. The Morgan fingerprint density at radius 2 is 0.795 bits per heavy atom. The first kappa shape index (κ1) is 75.2. The predicted octanol–water partition coefficient (Wildman–Crippen LogP) is 20.2. The summed E-state index contributed by atoms with van der Waals surface area (Å²) in [5, 5.41) is 3.01. The van der Waals surface area contributed by atoms with Crippen molar-refractivity contribution in [3.05, 3.63) is 85.1 Å². The van der Waals surface area contributed by atoms with E-state index >= 15 is 0 Å². The molecule has 2 N–H and O–H groups in total. The Morgan fingerprint density at radius 3 is 1.22 bits per heavy atom. The number of amides is 1. The van der Waals surface area contributed by atoms with Crippen LogP contribution in [0, 0.1) is 0 Å². The number of quaternary nitrogens is 1. The molecule has 0 fully saturated rings. The molecule has 10 heteroatoms. The minimum atomic E-state index is -4.46. The number of unbranched alkanes of at least 4 members (excludes halogenated alkanes) is 30. The lowest BCUT2D eigenvalue weighted by Crippen LogP contribution is -2.47. The van der Waals surface area contributed by atoms with Crippen molar-refractivity contribution in [3.8, 4) is 0 Å². The Labute approximate surface area is 482 Å². The monoisotopic (exact) mass is 1110 g/mol. The van der Waals surface area contributed by atoms with Gasteiger partial charge in [-0.25, -0.2) is 4.57 Å². The summed E-state index contributed by atoms with van der Waals surface area (Å²) in [5.74, 6) is -0.586. The number of nitrogens with one attached hydrogen (secondary N) is 1. The topological polar surface area (TPSA) is 111 Å². The molecule has 0 bridgehead atoms. The molecule has 0 radical (unpaired) electrons. The number of carbonyl (C=O) groups is 2. The number of carbonyl (C=O) groups excluding carboxylic acids is 2. The van der Waals surface area contributed by atoms with Crippen molar-refractivity contribution in [2.75, 3.05) is 40.9 Å². The Kier molecular flexibility index (Phi) is 55.4. The van der Waals surface area contributed by atoms with Crippen LogP contribution in [0.4, 0.5) is 0 Å². The van der Waals surface area contributed by atoms with Crippen LogP contribution >= 0.6 is 7.82 Å². The first-order valence-electron chi connectivity index (χ1n) is 32.4. The molecule has 3 atom stereocenters. The van der Waals surface area contributed by atoms with Gasteiger partial charge in [0.05, 0.1) is 33.8 Å². The molecule has 0 aromatic carbocycles. The Morgan fingerprint density at radius 1 is 0.449 bits per heavy atom. The maximum atomic E-state index is 13.5. The van der Waals surface area contributed by atoms with Gasteiger partial charge in [0.2, 0.25) is 5.91 Å². The van der Waals surface area contributed by atoms with E-state index in [0.29, 0.717) is 17.4 Å². The van der Waals surface area contributed by atoms with Gasteiger partial charge in [0.25, 0.3) is 0 Å². The van der Waals surface area contributed by atoms with Gasteiger partial charge in [0.1, 0.15) is 19.3 Å². The number of rotatable bonds is 58. The second-order valence-electron chi connectivity index (χ2n) is 22.9. The fraction of sp³-hybridized carbons (Fsp3) is 0.765. The minimum absolute atomic E-state index is 0.0281. The number of likely N-dealkylation sites (N-methyl/N-ethyl adjacent to an activating group) is 1. The lowest BCUT2D eigenvalue weighted by molar-refractivity contribution is -0.870. The van der Waals surface area contributed by atoms with Crippen molar-refractivity contribution in [1.82, 2.24) is 5.32 Å². The van der Waals surface area contributed by atoms with E-state index < -0.39 is 20.0 Å². The fourth-order valence-corrected chi connectivity index (χ4v) is 9.77. The van der Waals surface area contributed by atoms with Crippen LogP contribution in [0.25, 0.3) is 0 Å². The highest BCUT2D eigenvalue weighted by atomic mass is 31.2. The molecule has 0 saturated heterocycles. The highest BCUT2D eigenvalue weighted by molar-refractivity contribution is 7.47. The van der Waals surface area contributed by atoms with E-state index in [1.165, 1.54) is 173 Å². The van der Waals surface area contributed by atoms with Crippen molar-refractivity contribution in [2.45, 2.75) is 296 Å². The van der Waals surface area contributed by atoms with Gasteiger partial charge in [-0.15, -0.1) is 0 Å². The van der Waals surface area contributed by atoms with Crippen molar-refractivity contribution in [1.29, 1.82) is 0 Å². The first-order valence-corrected chi connectivity index (χ1v) is 33.9. The van der Waals surface area contributed by atoms with E-state index in [1.807, 2.05) is 39.4 Å². The maximum Gasteiger partial charge on any atom is 0.472 e. The van der Waals surface area contributed by atoms with E-state index in [9.17, 15) is 19.0 Å². The highest BCUT2D eigenvalue weighted by Crippen LogP contribution is 2.43. The summed E-state index contributed by atoms with van der Waals surface area (Å²) < 4.78 is 30.6. The third-order valence-electron chi connectivity index (χ3n) is 14.1. The summed E-state index contributed by atoms with van der Waals surface area (Å²) in [6.07, 6.45) is 76.1. The summed E-state index contributed by atoms with van der Waals surface area (Å²) >= 11 is 0. The molecule has 0 aliphatic carbocycles. The Bertz CT molecular complexity index is 1610. The van der Waals surface area contributed by atoms with Crippen molar-refractivity contribution >= 4 is 19.7 Å². The van der Waals surface area contributed by atoms with E-state index in [-0.39, 0.29) is 37.9 Å². The zero-order valence-corrected chi connectivity index (χ0v) is 52.5. The summed E-state index contributed by atoms with van der Waals surface area (Å²) in [5.41, 5.74) is 0. The molecule has 0 aliphatic heterocycles. The van der Waals surface area contributed by atoms with Crippen LogP contribution in [0.5, 0.6) is 0 Å². The van der Waals surface area contributed by atoms with Crippen molar-refractivity contribution in [2.24, 2.45) is 0 Å². The van der Waals surface area contributed by atoms with Crippen LogP contribution in [0.1, 0.15) is 284 Å². The lowest BCUT2D eigenvalue weighted by Gasteiger charge is -2.27. The van der Waals surface area contributed by atoms with Crippen LogP contribution in [0.2, 0.25) is 0 Å². The van der Waals surface area contributed by atoms with Crippen LogP contribution in [0.15, 0.2) is 85.1 Å². The molecular weight excluding hydrogens is 988 g/mol. The van der Waals surface area contributed by atoms with Crippen LogP contribution in [0.3, 0.4) is 0 Å². The molecule has 0 aliphatic rings. The molecule has 0 rings (SSSR count). The van der Waals surface area contributed by atoms with E-state index in [0.717, 1.165) is 70.6 Å². The second kappa shape index (κ2) is 57.4. The number of phosphoric ester groups is 1. The van der Waals surface area contributed by atoms with Gasteiger partial charge in [-0.3, -0.25) is 18.6 Å². The first-order chi connectivity index (χ1) is 37.9. The number of ether oxygens (including phenoxy) is 1. The zero-order valence-electron chi connectivity index (χ0n) is 51.6. The van der Waals surface area contributed by atoms with E-state index in [2.05, 4.69) is 92.9 Å². The maximum absolute atomic E-state index is 13.5. The van der Waals surface area contributed by atoms with Gasteiger partial charge < -0.3 is 19.4 Å². The molecule has 0 aromatic heterocycles. The zero-order chi connectivity index (χ0) is 57.2. The lowest BCUT2D eigenvalue weighted by atomic mass is 10.0. The number of phosphoric acid groups is 1. The number of nitrogens with zero attached hydrogens (tertiary/aromatic N) is 1. The van der Waals surface area contributed by atoms with Crippen molar-refractivity contribution < 1.29 is 37.3 Å². The largest absolute Gasteiger partial charge is 0.472 e. The van der Waals surface area contributed by atoms with Gasteiger partial charge in [-0.05, 0) is 96.0 Å². The molecule has 78 heavy (non-hydrogen) atoms. The average molecular weight is 1110 g/mol. The fourth-order valence-electron chi connectivity index (χ4n) is 9.03. The third kappa shape index (κ3) is 57.9. The van der Waals surface area contributed by atoms with Crippen LogP contribution in [-0.4, -0.2) is 74.3 Å². The molecule has 3 unspecified atom stereocenters. The molecule has 1 amide bonds. The average Bonchev–Trinajstić information content (AvgIpc) is 3.40. The molecule has 452 valence electrons. The van der Waals surface area contributed by atoms with Crippen LogP contribution in [-0.2, 0) is 27.9 Å². The smallest absolute Gasteiger partial charge is 0.456 e. The van der Waals surface area contributed by atoms with Gasteiger partial charge in [0.15, 0.2) is 0 Å². The summed E-state index contributed by atoms with van der Waals surface area (Å²) in [7, 11) is 1.46. The minimum Gasteiger partial charge on any atom is -0.456 e. The second-order valence-corrected chi connectivity index (χ2v) is 24.4.